The molecule has 0 saturated heterocycles. The average molecular weight is 350 g/mol. The average Bonchev–Trinajstić information content (AvgIpc) is 3.02. The van der Waals surface area contributed by atoms with E-state index in [1.807, 2.05) is 29.5 Å². The summed E-state index contributed by atoms with van der Waals surface area (Å²) in [6, 6.07) is 11.2. The van der Waals surface area contributed by atoms with E-state index in [9.17, 15) is 0 Å². The molecule has 0 N–H and O–H groups in total. The first kappa shape index (κ1) is 13.8. The van der Waals surface area contributed by atoms with E-state index in [2.05, 4.69) is 9.37 Å². The standard InChI is InChI=1S/C15H9Cl2N3OS/c1-8-2-5-13-12(6-8)20-14(21-13)19-22-15(20)18-11-4-3-9(16)7-10(11)17/h2-7H,1H3. The number of hydrogen-bond donors (Lipinski definition) is 0. The summed E-state index contributed by atoms with van der Waals surface area (Å²) in [6.07, 6.45) is 0. The molecule has 4 nitrogen and oxygen atoms in total. The number of fused-ring (bicyclic) bond motifs is 3. The molecule has 0 unspecified atom stereocenters. The maximum absolute atomic E-state index is 6.19. The number of oxazole rings is 1. The Hall–Kier alpha value is -1.82. The lowest BCUT2D eigenvalue weighted by Gasteiger charge is -1.97. The third-order valence-electron chi connectivity index (χ3n) is 3.27. The van der Waals surface area contributed by atoms with Gasteiger partial charge in [0.15, 0.2) is 5.58 Å². The van der Waals surface area contributed by atoms with Gasteiger partial charge in [0.05, 0.1) is 16.2 Å². The zero-order valence-corrected chi connectivity index (χ0v) is 13.7. The fraction of sp³-hybridized carbons (Fsp3) is 0.0667. The topological polar surface area (TPSA) is 42.8 Å². The molecule has 0 fully saturated rings. The van der Waals surface area contributed by atoms with Crippen LogP contribution < -0.4 is 4.80 Å². The summed E-state index contributed by atoms with van der Waals surface area (Å²) in [4.78, 5) is 5.29. The van der Waals surface area contributed by atoms with Gasteiger partial charge >= 0.3 is 5.84 Å². The summed E-state index contributed by atoms with van der Waals surface area (Å²) in [5.41, 5.74) is 3.50. The van der Waals surface area contributed by atoms with Crippen molar-refractivity contribution in [3.8, 4) is 0 Å². The van der Waals surface area contributed by atoms with Gasteiger partial charge < -0.3 is 4.42 Å². The molecule has 4 rings (SSSR count). The Labute approximate surface area is 139 Å². The molecule has 0 aliphatic rings. The number of hydrogen-bond acceptors (Lipinski definition) is 4. The number of benzene rings is 2. The highest BCUT2D eigenvalue weighted by Crippen LogP contribution is 2.28. The summed E-state index contributed by atoms with van der Waals surface area (Å²) < 4.78 is 11.9. The van der Waals surface area contributed by atoms with Crippen LogP contribution in [-0.2, 0) is 0 Å². The number of halogens is 2. The van der Waals surface area contributed by atoms with Crippen LogP contribution in [0.3, 0.4) is 0 Å². The zero-order chi connectivity index (χ0) is 15.3. The normalized spacial score (nSPS) is 12.6. The zero-order valence-electron chi connectivity index (χ0n) is 11.4. The van der Waals surface area contributed by atoms with Gasteiger partial charge in [0.25, 0.3) is 0 Å². The van der Waals surface area contributed by atoms with Gasteiger partial charge in [0.1, 0.15) is 0 Å². The van der Waals surface area contributed by atoms with Crippen LogP contribution in [0.5, 0.6) is 0 Å². The van der Waals surface area contributed by atoms with Crippen LogP contribution in [0.1, 0.15) is 5.56 Å². The Balaban J connectivity index is 2.04. The maximum Gasteiger partial charge on any atom is 0.320 e. The minimum Gasteiger partial charge on any atom is -0.422 e. The molecule has 0 aliphatic heterocycles. The van der Waals surface area contributed by atoms with Crippen molar-refractivity contribution in [2.24, 2.45) is 4.99 Å². The molecule has 7 heteroatoms. The van der Waals surface area contributed by atoms with Gasteiger partial charge in [-0.1, -0.05) is 29.3 Å². The number of rotatable bonds is 1. The number of aryl methyl sites for hydroxylation is 1. The second kappa shape index (κ2) is 5.12. The lowest BCUT2D eigenvalue weighted by molar-refractivity contribution is 0.642. The van der Waals surface area contributed by atoms with Crippen LogP contribution in [0.4, 0.5) is 5.69 Å². The quantitative estimate of drug-likeness (QED) is 0.485. The highest BCUT2D eigenvalue weighted by Gasteiger charge is 2.11. The summed E-state index contributed by atoms with van der Waals surface area (Å²) in [6.45, 7) is 2.03. The predicted molar refractivity (Wildman–Crippen MR) is 89.3 cm³/mol. The van der Waals surface area contributed by atoms with Crippen molar-refractivity contribution in [3.05, 3.63) is 56.8 Å². The molecule has 2 aromatic heterocycles. The number of nitrogens with zero attached hydrogens (tertiary/aromatic N) is 3. The minimum atomic E-state index is 0.499. The third kappa shape index (κ3) is 2.22. The van der Waals surface area contributed by atoms with E-state index in [0.717, 1.165) is 16.7 Å². The Morgan fingerprint density at radius 2 is 2.05 bits per heavy atom. The van der Waals surface area contributed by atoms with E-state index in [-0.39, 0.29) is 0 Å². The van der Waals surface area contributed by atoms with Crippen LogP contribution in [0.2, 0.25) is 10.0 Å². The highest BCUT2D eigenvalue weighted by molar-refractivity contribution is 7.03. The Morgan fingerprint density at radius 3 is 2.86 bits per heavy atom. The van der Waals surface area contributed by atoms with Crippen LogP contribution in [0.25, 0.3) is 16.9 Å². The Bertz CT molecular complexity index is 1080. The van der Waals surface area contributed by atoms with Crippen LogP contribution in [0.15, 0.2) is 45.8 Å². The third-order valence-corrected chi connectivity index (χ3v) is 4.49. The predicted octanol–water partition coefficient (Wildman–Crippen LogP) is 4.99. The van der Waals surface area contributed by atoms with Gasteiger partial charge in [-0.25, -0.2) is 9.39 Å². The molecule has 110 valence electrons. The smallest absolute Gasteiger partial charge is 0.320 e. The minimum absolute atomic E-state index is 0.499. The largest absolute Gasteiger partial charge is 0.422 e. The molecule has 2 heterocycles. The Kier molecular flexibility index (Phi) is 3.22. The van der Waals surface area contributed by atoms with Crippen molar-refractivity contribution in [2.75, 3.05) is 0 Å². The van der Waals surface area contributed by atoms with Gasteiger partial charge in [-0.2, -0.15) is 0 Å². The van der Waals surface area contributed by atoms with Crippen molar-refractivity contribution >= 4 is 57.4 Å². The molecule has 22 heavy (non-hydrogen) atoms. The lowest BCUT2D eigenvalue weighted by Crippen LogP contribution is -2.04. The molecular formula is C15H9Cl2N3OS. The van der Waals surface area contributed by atoms with Crippen molar-refractivity contribution in [1.29, 1.82) is 0 Å². The molecule has 0 atom stereocenters. The van der Waals surface area contributed by atoms with Crippen molar-refractivity contribution in [1.82, 2.24) is 8.77 Å². The van der Waals surface area contributed by atoms with Gasteiger partial charge in [0.2, 0.25) is 4.80 Å². The molecule has 0 saturated carbocycles. The van der Waals surface area contributed by atoms with Crippen molar-refractivity contribution in [3.63, 3.8) is 0 Å². The highest BCUT2D eigenvalue weighted by atomic mass is 35.5. The molecule has 0 amide bonds. The van der Waals surface area contributed by atoms with E-state index >= 15 is 0 Å². The number of aromatic nitrogens is 2. The van der Waals surface area contributed by atoms with Crippen LogP contribution >= 0.6 is 34.7 Å². The van der Waals surface area contributed by atoms with E-state index in [1.165, 1.54) is 11.5 Å². The van der Waals surface area contributed by atoms with Crippen LogP contribution in [-0.4, -0.2) is 8.77 Å². The first-order valence-corrected chi connectivity index (χ1v) is 8.02. The molecule has 0 spiro atoms. The second-order valence-corrected chi connectivity index (χ2v) is 6.44. The molecule has 0 bridgehead atoms. The lowest BCUT2D eigenvalue weighted by atomic mass is 10.2. The van der Waals surface area contributed by atoms with E-state index < -0.39 is 0 Å². The summed E-state index contributed by atoms with van der Waals surface area (Å²) >= 11 is 13.4. The fourth-order valence-corrected chi connectivity index (χ4v) is 3.37. The molecule has 0 radical (unpaired) electrons. The summed E-state index contributed by atoms with van der Waals surface area (Å²) in [5.74, 6) is 0.523. The molecule has 4 aromatic rings. The first-order valence-electron chi connectivity index (χ1n) is 6.49. The monoisotopic (exact) mass is 349 g/mol. The van der Waals surface area contributed by atoms with E-state index in [1.54, 1.807) is 18.2 Å². The second-order valence-electron chi connectivity index (χ2n) is 4.86. The fourth-order valence-electron chi connectivity index (χ4n) is 2.25. The molecular weight excluding hydrogens is 341 g/mol. The van der Waals surface area contributed by atoms with Gasteiger partial charge in [-0.05, 0) is 42.8 Å². The van der Waals surface area contributed by atoms with Crippen molar-refractivity contribution < 1.29 is 4.42 Å². The summed E-state index contributed by atoms with van der Waals surface area (Å²) in [7, 11) is 0. The summed E-state index contributed by atoms with van der Waals surface area (Å²) in [5, 5.41) is 1.08. The van der Waals surface area contributed by atoms with E-state index in [0.29, 0.717) is 26.4 Å². The van der Waals surface area contributed by atoms with Gasteiger partial charge in [0, 0.05) is 16.6 Å². The van der Waals surface area contributed by atoms with Crippen LogP contribution in [0, 0.1) is 6.92 Å². The molecule has 0 aliphatic carbocycles. The SMILES string of the molecule is Cc1ccc2oc3nsc(=Nc4ccc(Cl)cc4Cl)n3c2c1. The first-order chi connectivity index (χ1) is 10.6. The Morgan fingerprint density at radius 1 is 1.18 bits per heavy atom. The van der Waals surface area contributed by atoms with Crippen molar-refractivity contribution in [2.45, 2.75) is 6.92 Å². The maximum atomic E-state index is 6.19. The van der Waals surface area contributed by atoms with E-state index in [4.69, 9.17) is 27.6 Å². The molecule has 2 aromatic carbocycles. The van der Waals surface area contributed by atoms with Gasteiger partial charge in [-0.3, -0.25) is 0 Å². The van der Waals surface area contributed by atoms with Gasteiger partial charge in [-0.15, -0.1) is 4.37 Å².